The molecule has 0 unspecified atom stereocenters. The second-order valence-corrected chi connectivity index (χ2v) is 3.25. The van der Waals surface area contributed by atoms with Gasteiger partial charge in [-0.25, -0.2) is 9.37 Å². The van der Waals surface area contributed by atoms with Gasteiger partial charge in [0.25, 0.3) is 0 Å². The highest BCUT2D eigenvalue weighted by Gasteiger charge is 2.17. The molecule has 86 valence electrons. The predicted molar refractivity (Wildman–Crippen MR) is 54.5 cm³/mol. The number of carbonyl (C=O) groups is 2. The Morgan fingerprint density at radius 2 is 2.19 bits per heavy atom. The maximum absolute atomic E-state index is 13.3. The molecule has 1 aromatic rings. The van der Waals surface area contributed by atoms with Crippen molar-refractivity contribution in [1.82, 2.24) is 4.98 Å². The van der Waals surface area contributed by atoms with E-state index in [1.807, 2.05) is 0 Å². The smallest absolute Gasteiger partial charge is 0.313 e. The van der Waals surface area contributed by atoms with Gasteiger partial charge in [-0.15, -0.1) is 0 Å². The van der Waals surface area contributed by atoms with Crippen LogP contribution in [0.3, 0.4) is 0 Å². The van der Waals surface area contributed by atoms with Crippen molar-refractivity contribution in [2.75, 3.05) is 6.61 Å². The Kier molecular flexibility index (Phi) is 4.10. The van der Waals surface area contributed by atoms with Crippen molar-refractivity contribution >= 4 is 11.8 Å². The molecule has 0 bridgehead atoms. The van der Waals surface area contributed by atoms with Gasteiger partial charge in [-0.1, -0.05) is 0 Å². The molecular weight excluding hydrogens is 213 g/mol. The molecule has 0 N–H and O–H groups in total. The summed E-state index contributed by atoms with van der Waals surface area (Å²) in [5, 5.41) is 0. The monoisotopic (exact) mass is 225 g/mol. The lowest BCUT2D eigenvalue weighted by Gasteiger charge is -2.02. The summed E-state index contributed by atoms with van der Waals surface area (Å²) in [6.07, 6.45) is 0.891. The Morgan fingerprint density at radius 3 is 2.75 bits per heavy atom. The van der Waals surface area contributed by atoms with E-state index in [-0.39, 0.29) is 12.3 Å². The van der Waals surface area contributed by atoms with Gasteiger partial charge in [0.15, 0.2) is 11.6 Å². The quantitative estimate of drug-likeness (QED) is 0.444. The topological polar surface area (TPSA) is 56.3 Å². The number of aromatic nitrogens is 1. The van der Waals surface area contributed by atoms with Gasteiger partial charge in [0.2, 0.25) is 0 Å². The largest absolute Gasteiger partial charge is 0.466 e. The summed E-state index contributed by atoms with van der Waals surface area (Å²) in [5.41, 5.74) is 0.295. The van der Waals surface area contributed by atoms with Crippen molar-refractivity contribution in [3.8, 4) is 0 Å². The first-order valence-electron chi connectivity index (χ1n) is 4.85. The van der Waals surface area contributed by atoms with Gasteiger partial charge in [0.05, 0.1) is 6.61 Å². The van der Waals surface area contributed by atoms with E-state index >= 15 is 0 Å². The highest BCUT2D eigenvalue weighted by atomic mass is 19.1. The normalized spacial score (nSPS) is 9.94. The Bertz CT molecular complexity index is 418. The summed E-state index contributed by atoms with van der Waals surface area (Å²) in [4.78, 5) is 26.1. The van der Waals surface area contributed by atoms with E-state index in [0.29, 0.717) is 5.56 Å². The molecular formula is C11H12FNO3. The Hall–Kier alpha value is -1.78. The average molecular weight is 225 g/mol. The van der Waals surface area contributed by atoms with Crippen LogP contribution in [0.1, 0.15) is 29.4 Å². The van der Waals surface area contributed by atoms with Crippen LogP contribution in [0.5, 0.6) is 0 Å². The maximum atomic E-state index is 13.3. The molecule has 1 heterocycles. The third-order valence-electron chi connectivity index (χ3n) is 1.85. The van der Waals surface area contributed by atoms with Crippen LogP contribution in [0, 0.1) is 12.7 Å². The molecule has 1 rings (SSSR count). The number of ketones is 1. The summed E-state index contributed by atoms with van der Waals surface area (Å²) in [6.45, 7) is 3.48. The van der Waals surface area contributed by atoms with E-state index in [0.717, 1.165) is 0 Å². The van der Waals surface area contributed by atoms with Gasteiger partial charge in [0, 0.05) is 6.20 Å². The number of rotatable bonds is 4. The fourth-order valence-corrected chi connectivity index (χ4v) is 1.17. The summed E-state index contributed by atoms with van der Waals surface area (Å²) in [7, 11) is 0. The molecule has 0 fully saturated rings. The van der Waals surface area contributed by atoms with Crippen molar-refractivity contribution in [3.63, 3.8) is 0 Å². The van der Waals surface area contributed by atoms with Crippen molar-refractivity contribution in [1.29, 1.82) is 0 Å². The molecule has 0 aromatic carbocycles. The number of carbonyl (C=O) groups excluding carboxylic acids is 2. The van der Waals surface area contributed by atoms with Gasteiger partial charge in [-0.2, -0.15) is 0 Å². The minimum Gasteiger partial charge on any atom is -0.466 e. The second-order valence-electron chi connectivity index (χ2n) is 3.25. The molecule has 0 spiro atoms. The lowest BCUT2D eigenvalue weighted by atomic mass is 10.1. The zero-order valence-electron chi connectivity index (χ0n) is 9.12. The first-order chi connectivity index (χ1) is 7.54. The number of nitrogens with zero attached hydrogens (tertiary/aromatic N) is 1. The lowest BCUT2D eigenvalue weighted by Crippen LogP contribution is -2.14. The molecule has 0 aliphatic rings. The van der Waals surface area contributed by atoms with E-state index in [4.69, 9.17) is 0 Å². The van der Waals surface area contributed by atoms with Gasteiger partial charge < -0.3 is 4.74 Å². The molecule has 5 heteroatoms. The second kappa shape index (κ2) is 5.34. The maximum Gasteiger partial charge on any atom is 0.313 e. The van der Waals surface area contributed by atoms with Crippen LogP contribution in [-0.4, -0.2) is 23.3 Å². The number of ether oxygens (including phenoxy) is 1. The zero-order chi connectivity index (χ0) is 12.1. The molecule has 1 aromatic heterocycles. The summed E-state index contributed by atoms with van der Waals surface area (Å²) in [5.74, 6) is -2.06. The molecule has 0 amide bonds. The standard InChI is InChI=1S/C11H12FNO3/c1-3-16-10(15)5-9(14)11-8(12)4-7(2)6-13-11/h4,6H,3,5H2,1-2H3. The summed E-state index contributed by atoms with van der Waals surface area (Å²) < 4.78 is 17.9. The number of halogens is 1. The third-order valence-corrected chi connectivity index (χ3v) is 1.85. The highest BCUT2D eigenvalue weighted by molar-refractivity contribution is 6.04. The van der Waals surface area contributed by atoms with E-state index in [9.17, 15) is 14.0 Å². The Balaban J connectivity index is 2.77. The van der Waals surface area contributed by atoms with Gasteiger partial charge in [0.1, 0.15) is 12.1 Å². The number of pyridine rings is 1. The van der Waals surface area contributed by atoms with Crippen LogP contribution in [0.2, 0.25) is 0 Å². The molecule has 0 aliphatic carbocycles. The molecule has 0 atom stereocenters. The SMILES string of the molecule is CCOC(=O)CC(=O)c1ncc(C)cc1F. The summed E-state index contributed by atoms with van der Waals surface area (Å²) >= 11 is 0. The van der Waals surface area contributed by atoms with Crippen LogP contribution >= 0.6 is 0 Å². The van der Waals surface area contributed by atoms with Crippen molar-refractivity contribution in [2.45, 2.75) is 20.3 Å². The minimum atomic E-state index is -0.714. The number of Topliss-reactive ketones (excluding diaryl/α,β-unsaturated/α-hetero) is 1. The van der Waals surface area contributed by atoms with Crippen LogP contribution < -0.4 is 0 Å². The molecule has 16 heavy (non-hydrogen) atoms. The van der Waals surface area contributed by atoms with Gasteiger partial charge in [-0.05, 0) is 25.5 Å². The van der Waals surface area contributed by atoms with Crippen LogP contribution in [0.4, 0.5) is 4.39 Å². The highest BCUT2D eigenvalue weighted by Crippen LogP contribution is 2.09. The Morgan fingerprint density at radius 1 is 1.50 bits per heavy atom. The number of esters is 1. The molecule has 0 radical (unpaired) electrons. The molecule has 0 saturated heterocycles. The third kappa shape index (κ3) is 3.12. The fraction of sp³-hybridized carbons (Fsp3) is 0.364. The average Bonchev–Trinajstić information content (AvgIpc) is 2.17. The van der Waals surface area contributed by atoms with Crippen molar-refractivity contribution in [3.05, 3.63) is 29.3 Å². The molecule has 4 nitrogen and oxygen atoms in total. The van der Waals surface area contributed by atoms with Crippen molar-refractivity contribution < 1.29 is 18.7 Å². The molecule has 0 aliphatic heterocycles. The first kappa shape index (κ1) is 12.3. The van der Waals surface area contributed by atoms with Crippen LogP contribution in [0.15, 0.2) is 12.3 Å². The zero-order valence-corrected chi connectivity index (χ0v) is 9.12. The predicted octanol–water partition coefficient (Wildman–Crippen LogP) is 1.67. The molecule has 0 saturated carbocycles. The fourth-order valence-electron chi connectivity index (χ4n) is 1.17. The van der Waals surface area contributed by atoms with E-state index in [1.165, 1.54) is 12.3 Å². The van der Waals surface area contributed by atoms with Crippen molar-refractivity contribution in [2.24, 2.45) is 0 Å². The first-order valence-corrected chi connectivity index (χ1v) is 4.85. The summed E-state index contributed by atoms with van der Waals surface area (Å²) in [6, 6.07) is 1.20. The van der Waals surface area contributed by atoms with E-state index in [1.54, 1.807) is 13.8 Å². The van der Waals surface area contributed by atoms with Gasteiger partial charge in [-0.3, -0.25) is 9.59 Å². The Labute approximate surface area is 92.4 Å². The number of hydrogen-bond acceptors (Lipinski definition) is 4. The minimum absolute atomic E-state index is 0.190. The number of hydrogen-bond donors (Lipinski definition) is 0. The van der Waals surface area contributed by atoms with E-state index < -0.39 is 24.0 Å². The van der Waals surface area contributed by atoms with E-state index in [2.05, 4.69) is 9.72 Å². The lowest BCUT2D eigenvalue weighted by molar-refractivity contribution is -0.141. The van der Waals surface area contributed by atoms with Crippen LogP contribution in [0.25, 0.3) is 0 Å². The van der Waals surface area contributed by atoms with Crippen LogP contribution in [-0.2, 0) is 9.53 Å². The van der Waals surface area contributed by atoms with Gasteiger partial charge >= 0.3 is 5.97 Å². The number of aryl methyl sites for hydroxylation is 1.